The zero-order valence-electron chi connectivity index (χ0n) is 13.9. The minimum atomic E-state index is -1.23. The van der Waals surface area contributed by atoms with E-state index in [1.165, 1.54) is 23.9 Å². The molecule has 1 amide bonds. The van der Waals surface area contributed by atoms with Crippen LogP contribution < -0.4 is 15.2 Å². The minimum Gasteiger partial charge on any atom is -0.545 e. The lowest BCUT2D eigenvalue weighted by Gasteiger charge is -2.02. The molecule has 1 N–H and O–H groups in total. The summed E-state index contributed by atoms with van der Waals surface area (Å²) in [7, 11) is 0. The highest BCUT2D eigenvalue weighted by molar-refractivity contribution is 8.18. The lowest BCUT2D eigenvalue weighted by atomic mass is 10.1. The summed E-state index contributed by atoms with van der Waals surface area (Å²) < 4.78 is 5.38. The van der Waals surface area contributed by atoms with E-state index in [1.807, 2.05) is 31.2 Å². The van der Waals surface area contributed by atoms with Gasteiger partial charge in [-0.25, -0.2) is 4.99 Å². The van der Waals surface area contributed by atoms with Crippen molar-refractivity contribution >= 4 is 40.6 Å². The molecule has 1 saturated heterocycles. The summed E-state index contributed by atoms with van der Waals surface area (Å²) in [6.07, 6.45) is 1.68. The van der Waals surface area contributed by atoms with Gasteiger partial charge in [0.15, 0.2) is 5.17 Å². The first kappa shape index (κ1) is 17.8. The number of nitrogens with zero attached hydrogens (tertiary/aromatic N) is 1. The molecule has 1 aliphatic heterocycles. The number of nitrogens with one attached hydrogen (secondary N) is 1. The smallest absolute Gasteiger partial charge is 0.264 e. The summed E-state index contributed by atoms with van der Waals surface area (Å²) in [5.41, 5.74) is 1.51. The zero-order valence-corrected chi connectivity index (χ0v) is 14.7. The molecule has 1 heterocycles. The Kier molecular flexibility index (Phi) is 5.38. The summed E-state index contributed by atoms with van der Waals surface area (Å²) in [6.45, 7) is 2.51. The molecule has 0 aliphatic carbocycles. The van der Waals surface area contributed by atoms with Crippen molar-refractivity contribution < 1.29 is 19.4 Å². The van der Waals surface area contributed by atoms with Gasteiger partial charge in [0.05, 0.1) is 23.2 Å². The van der Waals surface area contributed by atoms with Crippen molar-refractivity contribution in [2.45, 2.75) is 6.92 Å². The van der Waals surface area contributed by atoms with E-state index in [4.69, 9.17) is 4.74 Å². The van der Waals surface area contributed by atoms with Gasteiger partial charge in [0, 0.05) is 0 Å². The number of thioether (sulfide) groups is 1. The highest BCUT2D eigenvalue weighted by Crippen LogP contribution is 2.28. The number of ether oxygens (including phenoxy) is 1. The highest BCUT2D eigenvalue weighted by Gasteiger charge is 2.23. The number of carboxylic acid groups (broad SMARTS) is 1. The van der Waals surface area contributed by atoms with E-state index in [9.17, 15) is 14.7 Å². The molecule has 0 radical (unpaired) electrons. The molecule has 3 rings (SSSR count). The second kappa shape index (κ2) is 7.88. The van der Waals surface area contributed by atoms with E-state index in [2.05, 4.69) is 10.3 Å². The Morgan fingerprint density at radius 2 is 1.88 bits per heavy atom. The average Bonchev–Trinajstić information content (AvgIpc) is 2.96. The zero-order chi connectivity index (χ0) is 18.5. The second-order valence-electron chi connectivity index (χ2n) is 5.32. The fraction of sp³-hybridized carbons (Fsp3) is 0.105. The van der Waals surface area contributed by atoms with Gasteiger partial charge in [0.2, 0.25) is 0 Å². The number of hydrogen-bond acceptors (Lipinski definition) is 6. The number of carbonyl (C=O) groups is 2. The maximum Gasteiger partial charge on any atom is 0.264 e. The third-order valence-corrected chi connectivity index (χ3v) is 4.38. The van der Waals surface area contributed by atoms with Crippen LogP contribution in [0.1, 0.15) is 22.8 Å². The summed E-state index contributed by atoms with van der Waals surface area (Å²) >= 11 is 1.22. The third-order valence-electron chi connectivity index (χ3n) is 3.47. The maximum absolute atomic E-state index is 12.1. The molecule has 0 spiro atoms. The predicted molar refractivity (Wildman–Crippen MR) is 99.2 cm³/mol. The number of hydrogen-bond donors (Lipinski definition) is 1. The largest absolute Gasteiger partial charge is 0.545 e. The van der Waals surface area contributed by atoms with Crippen LogP contribution in [-0.2, 0) is 4.79 Å². The average molecular weight is 367 g/mol. The molecular weight excluding hydrogens is 352 g/mol. The molecule has 0 saturated carbocycles. The predicted octanol–water partition coefficient (Wildman–Crippen LogP) is 2.34. The number of amides is 1. The highest BCUT2D eigenvalue weighted by atomic mass is 32.2. The summed E-state index contributed by atoms with van der Waals surface area (Å²) in [6, 6.07) is 13.4. The Hall–Kier alpha value is -3.06. The molecule has 26 heavy (non-hydrogen) atoms. The third kappa shape index (κ3) is 4.31. The fourth-order valence-electron chi connectivity index (χ4n) is 2.25. The van der Waals surface area contributed by atoms with Crippen LogP contribution >= 0.6 is 11.8 Å². The Bertz CT molecular complexity index is 887. The van der Waals surface area contributed by atoms with Crippen LogP contribution in [0.5, 0.6) is 5.75 Å². The normalized spacial score (nSPS) is 16.7. The molecule has 2 aromatic rings. The van der Waals surface area contributed by atoms with E-state index in [-0.39, 0.29) is 11.5 Å². The van der Waals surface area contributed by atoms with Crippen molar-refractivity contribution in [2.24, 2.45) is 4.99 Å². The van der Waals surface area contributed by atoms with E-state index in [1.54, 1.807) is 18.2 Å². The standard InChI is InChI=1S/C19H16N2O4S/c1-2-25-15-9-7-14(8-10-15)20-19-21-17(22)16(26-19)11-12-3-5-13(6-4-12)18(23)24/h3-11H,2H2,1H3,(H,23,24)(H,20,21,22)/p-1/b16-11-. The van der Waals surface area contributed by atoms with Crippen LogP contribution in [-0.4, -0.2) is 23.7 Å². The number of aliphatic imine (C=N–C) groups is 1. The molecule has 0 aromatic heterocycles. The van der Waals surface area contributed by atoms with Gasteiger partial charge >= 0.3 is 0 Å². The first-order valence-corrected chi connectivity index (χ1v) is 8.70. The molecule has 2 aromatic carbocycles. The van der Waals surface area contributed by atoms with Crippen LogP contribution in [0.15, 0.2) is 58.4 Å². The van der Waals surface area contributed by atoms with Gasteiger partial charge in [-0.2, -0.15) is 0 Å². The molecular formula is C19H15N2O4S-. The summed E-state index contributed by atoms with van der Waals surface area (Å²) in [4.78, 5) is 27.7. The van der Waals surface area contributed by atoms with Gasteiger partial charge < -0.3 is 20.0 Å². The molecule has 132 valence electrons. The molecule has 0 unspecified atom stereocenters. The van der Waals surface area contributed by atoms with E-state index < -0.39 is 5.97 Å². The molecule has 0 atom stereocenters. The van der Waals surface area contributed by atoms with Gasteiger partial charge in [-0.3, -0.25) is 4.79 Å². The quantitative estimate of drug-likeness (QED) is 0.819. The lowest BCUT2D eigenvalue weighted by molar-refractivity contribution is -0.255. The van der Waals surface area contributed by atoms with Crippen molar-refractivity contribution in [1.29, 1.82) is 0 Å². The van der Waals surface area contributed by atoms with Gasteiger partial charge in [0.25, 0.3) is 5.91 Å². The Morgan fingerprint density at radius 3 is 2.50 bits per heavy atom. The molecule has 1 aliphatic rings. The van der Waals surface area contributed by atoms with E-state index >= 15 is 0 Å². The molecule has 6 nitrogen and oxygen atoms in total. The maximum atomic E-state index is 12.1. The Balaban J connectivity index is 1.74. The van der Waals surface area contributed by atoms with Crippen molar-refractivity contribution in [3.05, 3.63) is 64.6 Å². The van der Waals surface area contributed by atoms with Crippen molar-refractivity contribution in [2.75, 3.05) is 6.61 Å². The van der Waals surface area contributed by atoms with E-state index in [0.29, 0.717) is 22.4 Å². The summed E-state index contributed by atoms with van der Waals surface area (Å²) in [5.74, 6) is -0.717. The van der Waals surface area contributed by atoms with Crippen LogP contribution in [0, 0.1) is 0 Å². The lowest BCUT2D eigenvalue weighted by Crippen LogP contribution is -2.21. The van der Waals surface area contributed by atoms with Crippen LogP contribution in [0.2, 0.25) is 0 Å². The van der Waals surface area contributed by atoms with Crippen LogP contribution in [0.3, 0.4) is 0 Å². The fourth-order valence-corrected chi connectivity index (χ4v) is 3.09. The molecule has 1 fully saturated rings. The second-order valence-corrected chi connectivity index (χ2v) is 6.35. The van der Waals surface area contributed by atoms with Gasteiger partial charge in [0.1, 0.15) is 5.75 Å². The Morgan fingerprint density at radius 1 is 1.19 bits per heavy atom. The number of benzene rings is 2. The van der Waals surface area contributed by atoms with Gasteiger partial charge in [-0.15, -0.1) is 0 Å². The Labute approximate surface area is 154 Å². The van der Waals surface area contributed by atoms with Crippen molar-refractivity contribution in [3.63, 3.8) is 0 Å². The van der Waals surface area contributed by atoms with E-state index in [0.717, 1.165) is 11.3 Å². The van der Waals surface area contributed by atoms with Crippen LogP contribution in [0.4, 0.5) is 5.69 Å². The molecule has 0 bridgehead atoms. The first-order valence-electron chi connectivity index (χ1n) is 7.89. The number of amidine groups is 1. The SMILES string of the molecule is CCOc1ccc(N=C2NC(=O)/C(=C/c3ccc(C(=O)[O-])cc3)S2)cc1. The number of carbonyl (C=O) groups excluding carboxylic acids is 2. The van der Waals surface area contributed by atoms with Crippen LogP contribution in [0.25, 0.3) is 6.08 Å². The summed E-state index contributed by atoms with van der Waals surface area (Å²) in [5, 5.41) is 14.0. The number of rotatable bonds is 5. The van der Waals surface area contributed by atoms with Gasteiger partial charge in [-0.1, -0.05) is 24.3 Å². The van der Waals surface area contributed by atoms with Crippen molar-refractivity contribution in [1.82, 2.24) is 5.32 Å². The topological polar surface area (TPSA) is 90.8 Å². The number of aromatic carboxylic acids is 1. The minimum absolute atomic E-state index is 0.0911. The van der Waals surface area contributed by atoms with Gasteiger partial charge in [-0.05, 0) is 60.2 Å². The molecule has 7 heteroatoms. The number of carboxylic acids is 1. The monoisotopic (exact) mass is 367 g/mol. The first-order chi connectivity index (χ1) is 12.5. The van der Waals surface area contributed by atoms with Crippen molar-refractivity contribution in [3.8, 4) is 5.75 Å².